The van der Waals surface area contributed by atoms with E-state index in [4.69, 9.17) is 11.6 Å². The number of nitrogens with one attached hydrogen (secondary N) is 1. The molecule has 0 amide bonds. The van der Waals surface area contributed by atoms with E-state index < -0.39 is 22.8 Å². The lowest BCUT2D eigenvalue weighted by Gasteiger charge is -2.18. The zero-order valence-corrected chi connectivity index (χ0v) is 16.6. The van der Waals surface area contributed by atoms with E-state index in [9.17, 15) is 29.3 Å². The average molecular weight is 435 g/mol. The molecule has 0 saturated carbocycles. The van der Waals surface area contributed by atoms with E-state index in [1.165, 1.54) is 22.9 Å². The Bertz CT molecular complexity index is 1160. The van der Waals surface area contributed by atoms with E-state index in [0.29, 0.717) is 22.3 Å². The number of carboxylic acids is 1. The van der Waals surface area contributed by atoms with Gasteiger partial charge in [0.1, 0.15) is 11.4 Å². The molecule has 1 heterocycles. The highest BCUT2D eigenvalue weighted by Crippen LogP contribution is 2.27. The van der Waals surface area contributed by atoms with Gasteiger partial charge in [-0.15, -0.1) is 0 Å². The first-order chi connectivity index (χ1) is 14.4. The van der Waals surface area contributed by atoms with E-state index in [-0.39, 0.29) is 43.1 Å². The second-order valence-corrected chi connectivity index (χ2v) is 7.08. The van der Waals surface area contributed by atoms with Crippen LogP contribution in [0, 0.1) is 5.82 Å². The van der Waals surface area contributed by atoms with Crippen LogP contribution < -0.4 is 10.7 Å². The summed E-state index contributed by atoms with van der Waals surface area (Å²) in [5.41, 5.74) is 0.603. The highest BCUT2D eigenvalue weighted by Gasteiger charge is 2.18. The number of rotatable bonds is 8. The van der Waals surface area contributed by atoms with Crippen LogP contribution in [0.15, 0.2) is 41.3 Å². The molecule has 0 spiro atoms. The monoisotopic (exact) mass is 434 g/mol. The summed E-state index contributed by atoms with van der Waals surface area (Å²) < 4.78 is 15.8. The van der Waals surface area contributed by atoms with Gasteiger partial charge in [0.25, 0.3) is 0 Å². The van der Waals surface area contributed by atoms with Gasteiger partial charge in [0.2, 0.25) is 5.43 Å². The molecular weight excluding hydrogens is 415 g/mol. The van der Waals surface area contributed by atoms with Crippen LogP contribution >= 0.6 is 11.6 Å². The molecule has 0 aliphatic rings. The van der Waals surface area contributed by atoms with E-state index in [2.05, 4.69) is 5.32 Å². The lowest BCUT2D eigenvalue weighted by Crippen LogP contribution is -2.21. The van der Waals surface area contributed by atoms with Crippen molar-refractivity contribution in [3.05, 3.63) is 74.3 Å². The number of nitrogens with zero attached hydrogens (tertiary/aromatic N) is 1. The summed E-state index contributed by atoms with van der Waals surface area (Å²) in [6, 6.07) is 7.84. The van der Waals surface area contributed by atoms with Crippen molar-refractivity contribution < 1.29 is 24.5 Å². The van der Waals surface area contributed by atoms with Crippen LogP contribution in [0.4, 0.5) is 10.1 Å². The van der Waals surface area contributed by atoms with Crippen molar-refractivity contribution in [1.29, 1.82) is 0 Å². The maximum absolute atomic E-state index is 14.4. The maximum Gasteiger partial charge on any atom is 0.341 e. The third kappa shape index (κ3) is 4.30. The molecule has 158 valence electrons. The number of pyridine rings is 1. The Balaban J connectivity index is 2.27. The minimum atomic E-state index is -1.38. The number of halogens is 2. The molecule has 9 heteroatoms. The highest BCUT2D eigenvalue weighted by atomic mass is 35.5. The van der Waals surface area contributed by atoms with Crippen LogP contribution in [0.1, 0.15) is 21.5 Å². The topological polar surface area (TPSA) is 112 Å². The number of benzene rings is 2. The van der Waals surface area contributed by atoms with E-state index in [1.807, 2.05) is 0 Å². The quantitative estimate of drug-likeness (QED) is 0.433. The van der Waals surface area contributed by atoms with Gasteiger partial charge in [-0.25, -0.2) is 9.18 Å². The van der Waals surface area contributed by atoms with Crippen molar-refractivity contribution in [1.82, 2.24) is 4.57 Å². The smallest absolute Gasteiger partial charge is 0.341 e. The zero-order valence-electron chi connectivity index (χ0n) is 15.9. The molecule has 0 atom stereocenters. The fourth-order valence-electron chi connectivity index (χ4n) is 3.37. The van der Waals surface area contributed by atoms with Gasteiger partial charge in [0, 0.05) is 31.1 Å². The summed E-state index contributed by atoms with van der Waals surface area (Å²) in [5.74, 6) is -1.95. The number of fused-ring (bicyclic) bond motifs is 1. The predicted octanol–water partition coefficient (Wildman–Crippen LogP) is 2.48. The first-order valence-corrected chi connectivity index (χ1v) is 9.57. The molecule has 0 bridgehead atoms. The van der Waals surface area contributed by atoms with Gasteiger partial charge in [-0.3, -0.25) is 4.79 Å². The van der Waals surface area contributed by atoms with Crippen molar-refractivity contribution in [2.75, 3.05) is 25.1 Å². The van der Waals surface area contributed by atoms with Crippen LogP contribution in [0.3, 0.4) is 0 Å². The van der Waals surface area contributed by atoms with Gasteiger partial charge >= 0.3 is 5.97 Å². The second kappa shape index (κ2) is 9.25. The van der Waals surface area contributed by atoms with E-state index in [0.717, 1.165) is 0 Å². The van der Waals surface area contributed by atoms with Crippen LogP contribution in [0.25, 0.3) is 10.9 Å². The zero-order chi connectivity index (χ0) is 21.8. The summed E-state index contributed by atoms with van der Waals surface area (Å²) >= 11 is 5.85. The predicted molar refractivity (Wildman–Crippen MR) is 112 cm³/mol. The Morgan fingerprint density at radius 2 is 1.97 bits per heavy atom. The molecule has 3 rings (SSSR count). The normalized spacial score (nSPS) is 11.1. The first kappa shape index (κ1) is 21.8. The van der Waals surface area contributed by atoms with Gasteiger partial charge in [0.05, 0.1) is 29.4 Å². The summed E-state index contributed by atoms with van der Waals surface area (Å²) in [7, 11) is 0. The number of aliphatic hydroxyl groups is 2. The van der Waals surface area contributed by atoms with Gasteiger partial charge in [-0.2, -0.15) is 0 Å². The lowest BCUT2D eigenvalue weighted by atomic mass is 10.00. The lowest BCUT2D eigenvalue weighted by molar-refractivity contribution is 0.0694. The van der Waals surface area contributed by atoms with E-state index in [1.54, 1.807) is 18.2 Å². The number of anilines is 1. The number of carboxylic acid groups (broad SMARTS) is 1. The van der Waals surface area contributed by atoms with Crippen molar-refractivity contribution in [3.8, 4) is 0 Å². The van der Waals surface area contributed by atoms with Crippen LogP contribution in [-0.2, 0) is 13.0 Å². The minimum absolute atomic E-state index is 0.0228. The molecule has 0 fully saturated rings. The molecule has 2 aromatic carbocycles. The fraction of sp³-hybridized carbons (Fsp3) is 0.238. The minimum Gasteiger partial charge on any atom is -0.477 e. The third-order valence-electron chi connectivity index (χ3n) is 4.66. The number of aromatic nitrogens is 1. The van der Waals surface area contributed by atoms with Crippen molar-refractivity contribution in [2.24, 2.45) is 0 Å². The summed E-state index contributed by atoms with van der Waals surface area (Å²) in [6.45, 7) is -0.205. The second-order valence-electron chi connectivity index (χ2n) is 6.67. The van der Waals surface area contributed by atoms with Gasteiger partial charge in [0.15, 0.2) is 0 Å². The molecule has 7 nitrogen and oxygen atoms in total. The Labute approximate surface area is 176 Å². The van der Waals surface area contributed by atoms with Gasteiger partial charge < -0.3 is 25.2 Å². The van der Waals surface area contributed by atoms with E-state index >= 15 is 0 Å². The van der Waals surface area contributed by atoms with Crippen molar-refractivity contribution >= 4 is 34.2 Å². The molecule has 0 unspecified atom stereocenters. The third-order valence-corrected chi connectivity index (χ3v) is 4.95. The Kier molecular flexibility index (Phi) is 6.71. The van der Waals surface area contributed by atoms with Gasteiger partial charge in [-0.05, 0) is 29.3 Å². The number of carbonyl (C=O) groups is 1. The maximum atomic E-state index is 14.4. The van der Waals surface area contributed by atoms with Crippen LogP contribution in [0.2, 0.25) is 5.02 Å². The summed E-state index contributed by atoms with van der Waals surface area (Å²) in [6.07, 6.45) is 1.30. The fourth-order valence-corrected chi connectivity index (χ4v) is 3.56. The highest BCUT2D eigenvalue weighted by molar-refractivity contribution is 6.30. The number of hydrogen-bond donors (Lipinski definition) is 4. The average Bonchev–Trinajstić information content (AvgIpc) is 2.71. The molecule has 4 N–H and O–H groups in total. The van der Waals surface area contributed by atoms with Crippen molar-refractivity contribution in [2.45, 2.75) is 13.0 Å². The van der Waals surface area contributed by atoms with Crippen LogP contribution in [0.5, 0.6) is 0 Å². The largest absolute Gasteiger partial charge is 0.477 e. The van der Waals surface area contributed by atoms with Gasteiger partial charge in [-0.1, -0.05) is 23.7 Å². The number of aromatic carboxylic acids is 1. The molecule has 30 heavy (non-hydrogen) atoms. The Morgan fingerprint density at radius 1 is 1.20 bits per heavy atom. The molecule has 0 saturated heterocycles. The Morgan fingerprint density at radius 3 is 2.63 bits per heavy atom. The summed E-state index contributed by atoms with van der Waals surface area (Å²) in [5, 5.41) is 31.1. The molecule has 0 aliphatic carbocycles. The molecule has 1 aromatic heterocycles. The number of hydrogen-bond acceptors (Lipinski definition) is 5. The van der Waals surface area contributed by atoms with Crippen molar-refractivity contribution in [3.63, 3.8) is 0 Å². The van der Waals surface area contributed by atoms with Crippen LogP contribution in [-0.4, -0.2) is 45.6 Å². The summed E-state index contributed by atoms with van der Waals surface area (Å²) in [4.78, 5) is 24.4. The molecule has 0 aliphatic heterocycles. The SMILES string of the molecule is O=C(O)c1cn(CCO)c2c(NCCO)cc(Cc3cccc(Cl)c3F)cc2c1=O. The molecular formula is C21H20ClFN2O5. The first-order valence-electron chi connectivity index (χ1n) is 9.19. The standard InChI is InChI=1S/C21H20ClFN2O5/c22-16-3-1-2-13(18(16)23)8-12-9-14-19(17(10-12)24-4-6-26)25(5-7-27)11-15(20(14)28)21(29)30/h1-3,9-11,24,26-27H,4-8H2,(H,29,30). The molecule has 3 aromatic rings. The molecule has 0 radical (unpaired) electrons. The Hall–Kier alpha value is -2.94. The number of aliphatic hydroxyl groups excluding tert-OH is 2.